The molecule has 1 unspecified atom stereocenters. The van der Waals surface area contributed by atoms with Gasteiger partial charge in [0.15, 0.2) is 17.3 Å². The second kappa shape index (κ2) is 7.73. The Labute approximate surface area is 124 Å². The van der Waals surface area contributed by atoms with Gasteiger partial charge in [-0.2, -0.15) is 0 Å². The molecule has 0 aliphatic carbocycles. The van der Waals surface area contributed by atoms with E-state index in [0.717, 1.165) is 19.4 Å². The highest BCUT2D eigenvalue weighted by atomic mass is 16.5. The number of rotatable bonds is 6. The van der Waals surface area contributed by atoms with E-state index in [2.05, 4.69) is 5.16 Å². The normalized spacial score (nSPS) is 19.3. The maximum Gasteiger partial charge on any atom is 0.170 e. The molecule has 116 valence electrons. The van der Waals surface area contributed by atoms with Crippen molar-refractivity contribution in [2.75, 3.05) is 19.8 Å². The number of nitrogens with zero attached hydrogens (tertiary/aromatic N) is 1. The van der Waals surface area contributed by atoms with Crippen LogP contribution >= 0.6 is 0 Å². The Bertz CT molecular complexity index is 485. The lowest BCUT2D eigenvalue weighted by Crippen LogP contribution is -2.26. The zero-order valence-corrected chi connectivity index (χ0v) is 12.2. The first-order valence-corrected chi connectivity index (χ1v) is 7.23. The van der Waals surface area contributed by atoms with Crippen LogP contribution in [0.2, 0.25) is 0 Å². The summed E-state index contributed by atoms with van der Waals surface area (Å²) in [6, 6.07) is 5.20. The van der Waals surface area contributed by atoms with Gasteiger partial charge in [-0.15, -0.1) is 0 Å². The molecule has 21 heavy (non-hydrogen) atoms. The van der Waals surface area contributed by atoms with E-state index in [4.69, 9.17) is 25.2 Å². The number of amidine groups is 1. The van der Waals surface area contributed by atoms with Gasteiger partial charge in [-0.3, -0.25) is 0 Å². The molecule has 1 aromatic carbocycles. The highest BCUT2D eigenvalue weighted by molar-refractivity contribution is 5.97. The molecule has 0 saturated carbocycles. The summed E-state index contributed by atoms with van der Waals surface area (Å²) in [4.78, 5) is 0. The van der Waals surface area contributed by atoms with Crippen molar-refractivity contribution in [2.24, 2.45) is 10.9 Å². The quantitative estimate of drug-likeness (QED) is 0.363. The second-order valence-corrected chi connectivity index (χ2v) is 4.88. The van der Waals surface area contributed by atoms with Gasteiger partial charge in [-0.25, -0.2) is 0 Å². The molecule has 0 radical (unpaired) electrons. The molecule has 1 aliphatic rings. The van der Waals surface area contributed by atoms with Crippen LogP contribution in [0.5, 0.6) is 11.5 Å². The molecule has 0 bridgehead atoms. The summed E-state index contributed by atoms with van der Waals surface area (Å²) in [6.45, 7) is 3.71. The summed E-state index contributed by atoms with van der Waals surface area (Å²) >= 11 is 0. The van der Waals surface area contributed by atoms with E-state index in [-0.39, 0.29) is 11.9 Å². The van der Waals surface area contributed by atoms with Gasteiger partial charge in [0.25, 0.3) is 0 Å². The molecule has 1 atom stereocenters. The number of ether oxygens (including phenoxy) is 3. The number of hydrogen-bond donors (Lipinski definition) is 2. The summed E-state index contributed by atoms with van der Waals surface area (Å²) in [5.41, 5.74) is 6.17. The summed E-state index contributed by atoms with van der Waals surface area (Å²) in [7, 11) is 0. The fourth-order valence-electron chi connectivity index (χ4n) is 2.23. The van der Waals surface area contributed by atoms with E-state index in [0.29, 0.717) is 30.3 Å². The highest BCUT2D eigenvalue weighted by Gasteiger charge is 2.16. The fourth-order valence-corrected chi connectivity index (χ4v) is 2.23. The zero-order valence-electron chi connectivity index (χ0n) is 12.2. The number of oxime groups is 1. The van der Waals surface area contributed by atoms with E-state index >= 15 is 0 Å². The average Bonchev–Trinajstić information content (AvgIpc) is 2.54. The number of hydrogen-bond acceptors (Lipinski definition) is 5. The molecule has 1 aliphatic heterocycles. The first kappa shape index (κ1) is 15.4. The lowest BCUT2D eigenvalue weighted by atomic mass is 10.1. The monoisotopic (exact) mass is 294 g/mol. The van der Waals surface area contributed by atoms with Crippen LogP contribution in [0.1, 0.15) is 31.7 Å². The van der Waals surface area contributed by atoms with Gasteiger partial charge in [0.2, 0.25) is 0 Å². The molecule has 0 amide bonds. The molecule has 1 saturated heterocycles. The fraction of sp³-hybridized carbons (Fsp3) is 0.533. The molecular formula is C15H22N2O4. The van der Waals surface area contributed by atoms with Crippen molar-refractivity contribution < 1.29 is 19.4 Å². The smallest absolute Gasteiger partial charge is 0.170 e. The van der Waals surface area contributed by atoms with E-state index in [1.54, 1.807) is 18.2 Å². The van der Waals surface area contributed by atoms with Gasteiger partial charge in [0.05, 0.1) is 12.7 Å². The average molecular weight is 294 g/mol. The lowest BCUT2D eigenvalue weighted by Gasteiger charge is -2.23. The van der Waals surface area contributed by atoms with E-state index in [1.165, 1.54) is 6.42 Å². The van der Waals surface area contributed by atoms with Crippen molar-refractivity contribution in [3.05, 3.63) is 23.8 Å². The lowest BCUT2D eigenvalue weighted by molar-refractivity contribution is -0.0115. The van der Waals surface area contributed by atoms with Crippen LogP contribution in [-0.4, -0.2) is 37.0 Å². The van der Waals surface area contributed by atoms with Crippen LogP contribution in [0.25, 0.3) is 0 Å². The standard InChI is InChI=1S/C15H22N2O4/c1-2-19-14-9-11(15(16)17-18)6-7-13(14)21-10-12-5-3-4-8-20-12/h6-7,9,12,18H,2-5,8,10H2,1H3,(H2,16,17). The van der Waals surface area contributed by atoms with Crippen molar-refractivity contribution in [1.29, 1.82) is 0 Å². The number of nitrogens with two attached hydrogens (primary N) is 1. The van der Waals surface area contributed by atoms with E-state index < -0.39 is 0 Å². The Hall–Kier alpha value is -1.95. The molecule has 0 aromatic heterocycles. The van der Waals surface area contributed by atoms with E-state index in [9.17, 15) is 0 Å². The van der Waals surface area contributed by atoms with Crippen LogP contribution in [0.3, 0.4) is 0 Å². The molecule has 6 nitrogen and oxygen atoms in total. The van der Waals surface area contributed by atoms with Crippen LogP contribution < -0.4 is 15.2 Å². The van der Waals surface area contributed by atoms with Gasteiger partial charge >= 0.3 is 0 Å². The third kappa shape index (κ3) is 4.26. The van der Waals surface area contributed by atoms with Gasteiger partial charge in [0.1, 0.15) is 6.61 Å². The van der Waals surface area contributed by atoms with Crippen LogP contribution in [0, 0.1) is 0 Å². The van der Waals surface area contributed by atoms with Crippen molar-refractivity contribution in [3.63, 3.8) is 0 Å². The first-order valence-electron chi connectivity index (χ1n) is 7.23. The van der Waals surface area contributed by atoms with Crippen molar-refractivity contribution >= 4 is 5.84 Å². The topological polar surface area (TPSA) is 86.3 Å². The summed E-state index contributed by atoms with van der Waals surface area (Å²) in [5.74, 6) is 1.26. The van der Waals surface area contributed by atoms with Crippen LogP contribution in [-0.2, 0) is 4.74 Å². The van der Waals surface area contributed by atoms with Crippen molar-refractivity contribution in [3.8, 4) is 11.5 Å². The molecule has 1 aromatic rings. The Morgan fingerprint density at radius 1 is 1.38 bits per heavy atom. The third-order valence-corrected chi connectivity index (χ3v) is 3.35. The summed E-state index contributed by atoms with van der Waals surface area (Å²) in [6.07, 6.45) is 3.45. The minimum absolute atomic E-state index is 0.0399. The van der Waals surface area contributed by atoms with Gasteiger partial charge in [0, 0.05) is 12.2 Å². The largest absolute Gasteiger partial charge is 0.490 e. The molecular weight excluding hydrogens is 272 g/mol. The van der Waals surface area contributed by atoms with Gasteiger partial charge < -0.3 is 25.2 Å². The SMILES string of the molecule is CCOc1cc(C(N)=NO)ccc1OCC1CCCCO1. The maximum atomic E-state index is 8.73. The summed E-state index contributed by atoms with van der Waals surface area (Å²) < 4.78 is 17.0. The Balaban J connectivity index is 2.06. The van der Waals surface area contributed by atoms with Crippen molar-refractivity contribution in [1.82, 2.24) is 0 Å². The Kier molecular flexibility index (Phi) is 5.68. The Morgan fingerprint density at radius 2 is 2.24 bits per heavy atom. The third-order valence-electron chi connectivity index (χ3n) is 3.35. The predicted molar refractivity (Wildman–Crippen MR) is 79.2 cm³/mol. The number of benzene rings is 1. The molecule has 0 spiro atoms. The molecule has 1 heterocycles. The molecule has 3 N–H and O–H groups in total. The van der Waals surface area contributed by atoms with Crippen LogP contribution in [0.4, 0.5) is 0 Å². The zero-order chi connectivity index (χ0) is 15.1. The minimum atomic E-state index is 0.0399. The Morgan fingerprint density at radius 3 is 2.90 bits per heavy atom. The molecule has 6 heteroatoms. The van der Waals surface area contributed by atoms with Crippen LogP contribution in [0.15, 0.2) is 23.4 Å². The highest BCUT2D eigenvalue weighted by Crippen LogP contribution is 2.29. The molecule has 2 rings (SSSR count). The minimum Gasteiger partial charge on any atom is -0.490 e. The first-order chi connectivity index (χ1) is 10.2. The van der Waals surface area contributed by atoms with Crippen molar-refractivity contribution in [2.45, 2.75) is 32.3 Å². The summed E-state index contributed by atoms with van der Waals surface area (Å²) in [5, 5.41) is 11.7. The van der Waals surface area contributed by atoms with Gasteiger partial charge in [-0.05, 0) is 44.4 Å². The predicted octanol–water partition coefficient (Wildman–Crippen LogP) is 2.13. The van der Waals surface area contributed by atoms with Gasteiger partial charge in [-0.1, -0.05) is 5.16 Å². The maximum absolute atomic E-state index is 8.73. The van der Waals surface area contributed by atoms with E-state index in [1.807, 2.05) is 6.92 Å². The second-order valence-electron chi connectivity index (χ2n) is 4.88. The molecule has 1 fully saturated rings.